The maximum Gasteiger partial charge on any atom is 0.357 e. The summed E-state index contributed by atoms with van der Waals surface area (Å²) in [4.78, 5) is 24.7. The van der Waals surface area contributed by atoms with Crippen LogP contribution in [-0.2, 0) is 7.05 Å². The number of carboxylic acid groups (broad SMARTS) is 1. The first-order valence-corrected chi connectivity index (χ1v) is 5.36. The number of nitrogens with one attached hydrogen (secondary N) is 1. The van der Waals surface area contributed by atoms with Gasteiger partial charge in [0.2, 0.25) is 0 Å². The van der Waals surface area contributed by atoms with Gasteiger partial charge < -0.3 is 15.3 Å². The highest BCUT2D eigenvalue weighted by Gasteiger charge is 2.25. The predicted octanol–water partition coefficient (Wildman–Crippen LogP) is -0.836. The van der Waals surface area contributed by atoms with Gasteiger partial charge in [-0.2, -0.15) is 5.10 Å². The van der Waals surface area contributed by atoms with E-state index in [2.05, 4.69) is 10.4 Å². The number of nitrogens with zero attached hydrogens (tertiary/aromatic N) is 3. The van der Waals surface area contributed by atoms with Crippen molar-refractivity contribution in [2.75, 3.05) is 26.2 Å². The number of hydrogen-bond acceptors (Lipinski definition) is 4. The van der Waals surface area contributed by atoms with E-state index in [0.717, 1.165) is 13.1 Å². The van der Waals surface area contributed by atoms with E-state index in [1.54, 1.807) is 11.9 Å². The fourth-order valence-corrected chi connectivity index (χ4v) is 1.84. The molecule has 0 bridgehead atoms. The monoisotopic (exact) mass is 238 g/mol. The second-order valence-corrected chi connectivity index (χ2v) is 3.91. The van der Waals surface area contributed by atoms with Crippen molar-refractivity contribution in [1.82, 2.24) is 20.0 Å². The molecule has 92 valence electrons. The van der Waals surface area contributed by atoms with Gasteiger partial charge in [0.15, 0.2) is 5.69 Å². The summed E-state index contributed by atoms with van der Waals surface area (Å²) in [5.74, 6) is -1.44. The van der Waals surface area contributed by atoms with Gasteiger partial charge in [0.05, 0.1) is 5.56 Å². The van der Waals surface area contributed by atoms with Gasteiger partial charge in [-0.1, -0.05) is 0 Å². The minimum Gasteiger partial charge on any atom is -0.476 e. The molecule has 7 heteroatoms. The Bertz CT molecular complexity index is 448. The van der Waals surface area contributed by atoms with Crippen molar-refractivity contribution in [3.05, 3.63) is 17.5 Å². The molecule has 0 radical (unpaired) electrons. The Labute approximate surface area is 98.0 Å². The molecule has 1 fully saturated rings. The molecule has 0 atom stereocenters. The van der Waals surface area contributed by atoms with Crippen LogP contribution in [0.3, 0.4) is 0 Å². The van der Waals surface area contributed by atoms with Crippen molar-refractivity contribution >= 4 is 11.9 Å². The summed E-state index contributed by atoms with van der Waals surface area (Å²) in [6.45, 7) is 2.64. The molecule has 2 heterocycles. The van der Waals surface area contributed by atoms with Crippen molar-refractivity contribution in [3.8, 4) is 0 Å². The van der Waals surface area contributed by atoms with E-state index < -0.39 is 5.97 Å². The highest BCUT2D eigenvalue weighted by Crippen LogP contribution is 2.10. The lowest BCUT2D eigenvalue weighted by Crippen LogP contribution is -2.46. The molecule has 1 aromatic rings. The lowest BCUT2D eigenvalue weighted by atomic mass is 10.2. The van der Waals surface area contributed by atoms with Gasteiger partial charge >= 0.3 is 5.97 Å². The average Bonchev–Trinajstić information content (AvgIpc) is 2.72. The summed E-state index contributed by atoms with van der Waals surface area (Å²) < 4.78 is 1.35. The first-order chi connectivity index (χ1) is 8.09. The molecule has 1 amide bonds. The molecule has 1 aliphatic heterocycles. The van der Waals surface area contributed by atoms with Crippen LogP contribution in [-0.4, -0.2) is 57.8 Å². The van der Waals surface area contributed by atoms with Crippen molar-refractivity contribution in [1.29, 1.82) is 0 Å². The van der Waals surface area contributed by atoms with Gasteiger partial charge in [0.1, 0.15) is 0 Å². The molecule has 2 rings (SSSR count). The molecule has 1 saturated heterocycles. The molecule has 7 nitrogen and oxygen atoms in total. The number of aromatic nitrogens is 2. The molecule has 0 aromatic carbocycles. The van der Waals surface area contributed by atoms with Crippen LogP contribution in [0.1, 0.15) is 20.8 Å². The average molecular weight is 238 g/mol. The molecular weight excluding hydrogens is 224 g/mol. The van der Waals surface area contributed by atoms with E-state index in [1.807, 2.05) is 0 Å². The fourth-order valence-electron chi connectivity index (χ4n) is 1.84. The van der Waals surface area contributed by atoms with Gasteiger partial charge in [-0.3, -0.25) is 9.48 Å². The Balaban J connectivity index is 2.26. The highest BCUT2D eigenvalue weighted by molar-refractivity contribution is 6.03. The third-order valence-corrected chi connectivity index (χ3v) is 2.67. The van der Waals surface area contributed by atoms with Crippen molar-refractivity contribution < 1.29 is 14.7 Å². The van der Waals surface area contributed by atoms with E-state index in [4.69, 9.17) is 5.11 Å². The highest BCUT2D eigenvalue weighted by atomic mass is 16.4. The molecule has 0 saturated carbocycles. The van der Waals surface area contributed by atoms with Crippen molar-refractivity contribution in [2.45, 2.75) is 0 Å². The molecular formula is C10H14N4O3. The number of rotatable bonds is 2. The molecule has 1 aromatic heterocycles. The van der Waals surface area contributed by atoms with Crippen LogP contribution in [0.5, 0.6) is 0 Å². The first kappa shape index (κ1) is 11.6. The van der Waals surface area contributed by atoms with Crippen LogP contribution >= 0.6 is 0 Å². The van der Waals surface area contributed by atoms with Gasteiger partial charge in [-0.25, -0.2) is 4.79 Å². The summed E-state index contributed by atoms with van der Waals surface area (Å²) >= 11 is 0. The first-order valence-electron chi connectivity index (χ1n) is 5.36. The molecule has 0 spiro atoms. The van der Waals surface area contributed by atoms with Crippen molar-refractivity contribution in [2.24, 2.45) is 7.05 Å². The second-order valence-electron chi connectivity index (χ2n) is 3.91. The topological polar surface area (TPSA) is 87.5 Å². The zero-order valence-electron chi connectivity index (χ0n) is 9.51. The SMILES string of the molecule is Cn1cc(C(=O)N2CCNCC2)c(C(=O)O)n1. The number of carbonyl (C=O) groups is 2. The third-order valence-electron chi connectivity index (χ3n) is 2.67. The quantitative estimate of drug-likeness (QED) is 0.701. The fraction of sp³-hybridized carbons (Fsp3) is 0.500. The number of hydrogen-bond donors (Lipinski definition) is 2. The third kappa shape index (κ3) is 2.28. The molecule has 0 unspecified atom stereocenters. The molecule has 0 aliphatic carbocycles. The maximum absolute atomic E-state index is 12.1. The summed E-state index contributed by atoms with van der Waals surface area (Å²) in [5, 5.41) is 15.9. The number of carboxylic acids is 1. The lowest BCUT2D eigenvalue weighted by Gasteiger charge is -2.27. The van der Waals surface area contributed by atoms with E-state index >= 15 is 0 Å². The normalized spacial score (nSPS) is 15.9. The second kappa shape index (κ2) is 4.54. The van der Waals surface area contributed by atoms with Gasteiger partial charge in [-0.05, 0) is 0 Å². The number of amides is 1. The van der Waals surface area contributed by atoms with Crippen LogP contribution in [0.25, 0.3) is 0 Å². The molecule has 2 N–H and O–H groups in total. The Morgan fingerprint density at radius 2 is 2.06 bits per heavy atom. The Hall–Kier alpha value is -1.89. The van der Waals surface area contributed by atoms with Crippen LogP contribution in [0.2, 0.25) is 0 Å². The van der Waals surface area contributed by atoms with Gasteiger partial charge in [0, 0.05) is 39.4 Å². The number of carbonyl (C=O) groups excluding carboxylic acids is 1. The summed E-state index contributed by atoms with van der Waals surface area (Å²) in [5.41, 5.74) is -0.0297. The zero-order chi connectivity index (χ0) is 12.4. The largest absolute Gasteiger partial charge is 0.476 e. The van der Waals surface area contributed by atoms with E-state index in [0.29, 0.717) is 13.1 Å². The van der Waals surface area contributed by atoms with Crippen LogP contribution in [0.4, 0.5) is 0 Å². The van der Waals surface area contributed by atoms with E-state index in [1.165, 1.54) is 10.9 Å². The standard InChI is InChI=1S/C10H14N4O3/c1-13-6-7(8(12-13)10(16)17)9(15)14-4-2-11-3-5-14/h6,11H,2-5H2,1H3,(H,16,17). The lowest BCUT2D eigenvalue weighted by molar-refractivity contribution is 0.0665. The van der Waals surface area contributed by atoms with Crippen LogP contribution in [0, 0.1) is 0 Å². The minimum absolute atomic E-state index is 0.155. The molecule has 17 heavy (non-hydrogen) atoms. The number of piperazine rings is 1. The van der Waals surface area contributed by atoms with Crippen LogP contribution < -0.4 is 5.32 Å². The number of aryl methyl sites for hydroxylation is 1. The number of aromatic carboxylic acids is 1. The van der Waals surface area contributed by atoms with Crippen molar-refractivity contribution in [3.63, 3.8) is 0 Å². The molecule has 1 aliphatic rings. The predicted molar refractivity (Wildman–Crippen MR) is 58.9 cm³/mol. The summed E-state index contributed by atoms with van der Waals surface area (Å²) in [6, 6.07) is 0. The van der Waals surface area contributed by atoms with E-state index in [9.17, 15) is 9.59 Å². The van der Waals surface area contributed by atoms with Crippen LogP contribution in [0.15, 0.2) is 6.20 Å². The maximum atomic E-state index is 12.1. The Morgan fingerprint density at radius 1 is 1.41 bits per heavy atom. The van der Waals surface area contributed by atoms with Gasteiger partial charge in [0.25, 0.3) is 5.91 Å². The van der Waals surface area contributed by atoms with Gasteiger partial charge in [-0.15, -0.1) is 0 Å². The minimum atomic E-state index is -1.18. The Kier molecular flexibility index (Phi) is 3.10. The smallest absolute Gasteiger partial charge is 0.357 e. The summed E-state index contributed by atoms with van der Waals surface area (Å²) in [7, 11) is 1.60. The summed E-state index contributed by atoms with van der Waals surface area (Å²) in [6.07, 6.45) is 1.45. The van der Waals surface area contributed by atoms with E-state index in [-0.39, 0.29) is 17.2 Å². The zero-order valence-corrected chi connectivity index (χ0v) is 9.51. The Morgan fingerprint density at radius 3 is 2.65 bits per heavy atom.